The molecule has 1 unspecified atom stereocenters. The van der Waals surface area contributed by atoms with Gasteiger partial charge >= 0.3 is 0 Å². The molecule has 0 bridgehead atoms. The third kappa shape index (κ3) is 15.8. The Labute approximate surface area is 143 Å². The lowest BCUT2D eigenvalue weighted by Gasteiger charge is -2.15. The Bertz CT molecular complexity index is 289. The van der Waals surface area contributed by atoms with Crippen LogP contribution in [0.4, 0.5) is 0 Å². The molecule has 136 valence electrons. The van der Waals surface area contributed by atoms with Gasteiger partial charge in [0, 0.05) is 6.42 Å². The van der Waals surface area contributed by atoms with Crippen LogP contribution in [0.25, 0.3) is 0 Å². The summed E-state index contributed by atoms with van der Waals surface area (Å²) in [6.07, 6.45) is 19.1. The summed E-state index contributed by atoms with van der Waals surface area (Å²) in [4.78, 5) is 11.8. The molecule has 0 aromatic carbocycles. The maximum atomic E-state index is 11.8. The lowest BCUT2D eigenvalue weighted by atomic mass is 10.1. The van der Waals surface area contributed by atoms with E-state index in [1.807, 2.05) is 0 Å². The van der Waals surface area contributed by atoms with Crippen LogP contribution in [0.15, 0.2) is 12.2 Å². The quantitative estimate of drug-likeness (QED) is 0.305. The van der Waals surface area contributed by atoms with Gasteiger partial charge in [-0.15, -0.1) is 0 Å². The first kappa shape index (κ1) is 22.2. The standard InChI is InChI=1S/C20H39NO2/c1-3-5-7-8-9-10-11-12-13-14-15-17-20(23)21-19(18-22)16-6-4-2/h8-9,19,22H,3-7,10-18H2,1-2H3,(H,21,23)/b9-8-. The normalized spacial score (nSPS) is 12.7. The van der Waals surface area contributed by atoms with Gasteiger partial charge in [0.05, 0.1) is 12.6 Å². The summed E-state index contributed by atoms with van der Waals surface area (Å²) >= 11 is 0. The van der Waals surface area contributed by atoms with Crippen LogP contribution in [0.2, 0.25) is 0 Å². The van der Waals surface area contributed by atoms with Crippen molar-refractivity contribution in [2.24, 2.45) is 0 Å². The minimum atomic E-state index is -0.0538. The lowest BCUT2D eigenvalue weighted by molar-refractivity contribution is -0.122. The molecule has 0 saturated heterocycles. The van der Waals surface area contributed by atoms with Gasteiger partial charge in [-0.2, -0.15) is 0 Å². The average Bonchev–Trinajstić information content (AvgIpc) is 2.56. The number of carbonyl (C=O) groups excluding carboxylic acids is 1. The molecule has 1 atom stereocenters. The maximum absolute atomic E-state index is 11.8. The van der Waals surface area contributed by atoms with E-state index in [4.69, 9.17) is 0 Å². The van der Waals surface area contributed by atoms with Crippen molar-refractivity contribution in [2.75, 3.05) is 6.61 Å². The highest BCUT2D eigenvalue weighted by Crippen LogP contribution is 2.09. The Morgan fingerprint density at radius 1 is 0.913 bits per heavy atom. The van der Waals surface area contributed by atoms with Crippen LogP contribution < -0.4 is 5.32 Å². The van der Waals surface area contributed by atoms with Gasteiger partial charge in [-0.1, -0.05) is 70.9 Å². The Hall–Kier alpha value is -0.830. The van der Waals surface area contributed by atoms with Gasteiger partial charge < -0.3 is 10.4 Å². The molecule has 0 heterocycles. The third-order valence-electron chi connectivity index (χ3n) is 4.16. The largest absolute Gasteiger partial charge is 0.394 e. The van der Waals surface area contributed by atoms with Crippen molar-refractivity contribution in [3.8, 4) is 0 Å². The van der Waals surface area contributed by atoms with Gasteiger partial charge in [-0.25, -0.2) is 0 Å². The van der Waals surface area contributed by atoms with Gasteiger partial charge in [0.2, 0.25) is 5.91 Å². The monoisotopic (exact) mass is 325 g/mol. The maximum Gasteiger partial charge on any atom is 0.220 e. The van der Waals surface area contributed by atoms with Gasteiger partial charge in [-0.05, 0) is 32.1 Å². The summed E-state index contributed by atoms with van der Waals surface area (Å²) < 4.78 is 0. The first-order valence-corrected chi connectivity index (χ1v) is 9.79. The number of aliphatic hydroxyl groups excluding tert-OH is 1. The molecular weight excluding hydrogens is 286 g/mol. The summed E-state index contributed by atoms with van der Waals surface area (Å²) in [5.74, 6) is 0.0963. The molecule has 0 aliphatic rings. The summed E-state index contributed by atoms with van der Waals surface area (Å²) in [6.45, 7) is 4.40. The Kier molecular flexibility index (Phi) is 16.9. The van der Waals surface area contributed by atoms with Gasteiger partial charge in [0.25, 0.3) is 0 Å². The van der Waals surface area contributed by atoms with Gasteiger partial charge in [0.1, 0.15) is 0 Å². The van der Waals surface area contributed by atoms with Crippen LogP contribution in [-0.4, -0.2) is 23.7 Å². The predicted molar refractivity (Wildman–Crippen MR) is 99.5 cm³/mol. The minimum absolute atomic E-state index is 0.0531. The fraction of sp³-hybridized carbons (Fsp3) is 0.850. The third-order valence-corrected chi connectivity index (χ3v) is 4.16. The summed E-state index contributed by atoms with van der Waals surface area (Å²) in [6, 6.07) is -0.0538. The molecule has 0 radical (unpaired) electrons. The smallest absolute Gasteiger partial charge is 0.220 e. The number of hydrogen-bond acceptors (Lipinski definition) is 2. The molecular formula is C20H39NO2. The number of aliphatic hydroxyl groups is 1. The van der Waals surface area contributed by atoms with E-state index in [1.165, 1.54) is 44.9 Å². The SMILES string of the molecule is CCCC/C=C\CCCCCCCC(=O)NC(CO)CCCC. The van der Waals surface area contributed by atoms with Crippen LogP contribution in [0.1, 0.15) is 97.3 Å². The zero-order valence-electron chi connectivity index (χ0n) is 15.5. The Morgan fingerprint density at radius 3 is 2.17 bits per heavy atom. The number of carbonyl (C=O) groups is 1. The second kappa shape index (κ2) is 17.5. The molecule has 23 heavy (non-hydrogen) atoms. The van der Waals surface area contributed by atoms with Gasteiger partial charge in [0.15, 0.2) is 0 Å². The van der Waals surface area contributed by atoms with E-state index in [0.717, 1.165) is 32.1 Å². The van der Waals surface area contributed by atoms with Crippen LogP contribution in [-0.2, 0) is 4.79 Å². The van der Waals surface area contributed by atoms with Gasteiger partial charge in [-0.3, -0.25) is 4.79 Å². The molecule has 2 N–H and O–H groups in total. The molecule has 0 rings (SSSR count). The second-order valence-electron chi connectivity index (χ2n) is 6.51. The molecule has 0 aliphatic heterocycles. The fourth-order valence-electron chi connectivity index (χ4n) is 2.60. The molecule has 0 saturated carbocycles. The van der Waals surface area contributed by atoms with E-state index in [9.17, 15) is 9.90 Å². The molecule has 0 spiro atoms. The van der Waals surface area contributed by atoms with Crippen molar-refractivity contribution < 1.29 is 9.90 Å². The molecule has 0 fully saturated rings. The minimum Gasteiger partial charge on any atom is -0.394 e. The van der Waals surface area contributed by atoms with Crippen LogP contribution in [0, 0.1) is 0 Å². The first-order valence-electron chi connectivity index (χ1n) is 9.79. The second-order valence-corrected chi connectivity index (χ2v) is 6.51. The average molecular weight is 326 g/mol. The van der Waals surface area contributed by atoms with E-state index >= 15 is 0 Å². The van der Waals surface area contributed by atoms with Crippen LogP contribution in [0.5, 0.6) is 0 Å². The van der Waals surface area contributed by atoms with Crippen LogP contribution >= 0.6 is 0 Å². The zero-order valence-corrected chi connectivity index (χ0v) is 15.5. The molecule has 0 aliphatic carbocycles. The number of hydrogen-bond donors (Lipinski definition) is 2. The van der Waals surface area contributed by atoms with Crippen molar-refractivity contribution in [3.05, 3.63) is 12.2 Å². The summed E-state index contributed by atoms with van der Waals surface area (Å²) in [7, 11) is 0. The number of amides is 1. The molecule has 0 aromatic heterocycles. The van der Waals surface area contributed by atoms with Crippen molar-refractivity contribution in [2.45, 2.75) is 103 Å². The van der Waals surface area contributed by atoms with E-state index in [1.54, 1.807) is 0 Å². The predicted octanol–water partition coefficient (Wildman–Crippen LogP) is 5.13. The topological polar surface area (TPSA) is 49.3 Å². The number of rotatable bonds is 16. The van der Waals surface area contributed by atoms with Crippen molar-refractivity contribution in [1.29, 1.82) is 0 Å². The number of unbranched alkanes of at least 4 members (excludes halogenated alkanes) is 8. The lowest BCUT2D eigenvalue weighted by Crippen LogP contribution is -2.37. The fourth-order valence-corrected chi connectivity index (χ4v) is 2.60. The number of nitrogens with one attached hydrogen (secondary N) is 1. The molecule has 1 amide bonds. The van der Waals surface area contributed by atoms with E-state index in [-0.39, 0.29) is 18.6 Å². The highest BCUT2D eigenvalue weighted by atomic mass is 16.3. The first-order chi connectivity index (χ1) is 11.2. The van der Waals surface area contributed by atoms with Crippen LogP contribution in [0.3, 0.4) is 0 Å². The summed E-state index contributed by atoms with van der Waals surface area (Å²) in [5.41, 5.74) is 0. The Balaban J connectivity index is 3.42. The number of allylic oxidation sites excluding steroid dienone is 2. The van der Waals surface area contributed by atoms with Crippen molar-refractivity contribution >= 4 is 5.91 Å². The highest BCUT2D eigenvalue weighted by Gasteiger charge is 2.10. The van der Waals surface area contributed by atoms with E-state index in [0.29, 0.717) is 6.42 Å². The summed E-state index contributed by atoms with van der Waals surface area (Å²) in [5, 5.41) is 12.2. The zero-order chi connectivity index (χ0) is 17.2. The molecule has 0 aromatic rings. The van der Waals surface area contributed by atoms with E-state index < -0.39 is 0 Å². The van der Waals surface area contributed by atoms with E-state index in [2.05, 4.69) is 31.3 Å². The van der Waals surface area contributed by atoms with Crippen molar-refractivity contribution in [1.82, 2.24) is 5.32 Å². The Morgan fingerprint density at radius 2 is 1.52 bits per heavy atom. The molecule has 3 nitrogen and oxygen atoms in total. The van der Waals surface area contributed by atoms with Crippen molar-refractivity contribution in [3.63, 3.8) is 0 Å². The highest BCUT2D eigenvalue weighted by molar-refractivity contribution is 5.76. The molecule has 3 heteroatoms.